The van der Waals surface area contributed by atoms with Crippen molar-refractivity contribution in [2.24, 2.45) is 5.92 Å². The monoisotopic (exact) mass is 389 g/mol. The summed E-state index contributed by atoms with van der Waals surface area (Å²) >= 11 is 3.38. The maximum Gasteiger partial charge on any atom is 0.227 e. The van der Waals surface area contributed by atoms with E-state index >= 15 is 0 Å². The van der Waals surface area contributed by atoms with Gasteiger partial charge in [0.05, 0.1) is 11.4 Å². The van der Waals surface area contributed by atoms with Crippen LogP contribution in [-0.4, -0.2) is 24.4 Å². The van der Waals surface area contributed by atoms with Gasteiger partial charge in [-0.2, -0.15) is 0 Å². The number of rotatable bonds is 3. The summed E-state index contributed by atoms with van der Waals surface area (Å²) in [4.78, 5) is 23.6. The molecule has 22 heavy (non-hydrogen) atoms. The summed E-state index contributed by atoms with van der Waals surface area (Å²) in [5, 5.41) is 9.00. The van der Waals surface area contributed by atoms with E-state index in [1.165, 1.54) is 6.92 Å². The van der Waals surface area contributed by atoms with Crippen LogP contribution in [0.5, 0.6) is 0 Å². The third-order valence-corrected chi connectivity index (χ3v) is 4.04. The zero-order chi connectivity index (χ0) is 15.4. The lowest BCUT2D eigenvalue weighted by Crippen LogP contribution is -2.40. The fourth-order valence-electron chi connectivity index (χ4n) is 2.52. The molecular formula is C15H21BrClN3O2. The summed E-state index contributed by atoms with van der Waals surface area (Å²) in [6.07, 6.45) is 1.66. The van der Waals surface area contributed by atoms with E-state index in [0.29, 0.717) is 17.4 Å². The van der Waals surface area contributed by atoms with Crippen LogP contribution in [0.3, 0.4) is 0 Å². The number of nitrogens with one attached hydrogen (secondary N) is 3. The standard InChI is InChI=1S/C15H20BrN3O2.ClH/c1-9-7-11(5-6-17-9)15(21)19-14-8-12(16)3-4-13(14)18-10(2)20;/h3-4,8-9,11,17H,5-7H2,1-2H3,(H,18,20)(H,19,21);1H/t9-,11-;/m0./s1. The summed E-state index contributed by atoms with van der Waals surface area (Å²) in [5.41, 5.74) is 1.23. The molecule has 0 aliphatic carbocycles. The minimum Gasteiger partial charge on any atom is -0.325 e. The van der Waals surface area contributed by atoms with Crippen molar-refractivity contribution in [2.45, 2.75) is 32.7 Å². The van der Waals surface area contributed by atoms with Crippen LogP contribution in [0.4, 0.5) is 11.4 Å². The predicted octanol–water partition coefficient (Wildman–Crippen LogP) is 3.16. The van der Waals surface area contributed by atoms with Gasteiger partial charge in [-0.05, 0) is 44.5 Å². The molecule has 1 fully saturated rings. The zero-order valence-electron chi connectivity index (χ0n) is 12.6. The van der Waals surface area contributed by atoms with Crippen LogP contribution in [0, 0.1) is 5.92 Å². The van der Waals surface area contributed by atoms with E-state index in [1.807, 2.05) is 6.07 Å². The SMILES string of the molecule is CC(=O)Nc1ccc(Br)cc1NC(=O)[C@H]1CCN[C@@H](C)C1.Cl. The number of amides is 2. The first-order chi connectivity index (χ1) is 9.95. The summed E-state index contributed by atoms with van der Waals surface area (Å²) in [7, 11) is 0. The van der Waals surface area contributed by atoms with E-state index in [4.69, 9.17) is 0 Å². The van der Waals surface area contributed by atoms with E-state index in [9.17, 15) is 9.59 Å². The average molecular weight is 391 g/mol. The fraction of sp³-hybridized carbons (Fsp3) is 0.467. The number of hydrogen-bond donors (Lipinski definition) is 3. The van der Waals surface area contributed by atoms with Crippen LogP contribution in [0.2, 0.25) is 0 Å². The normalized spacial score (nSPS) is 20.7. The maximum absolute atomic E-state index is 12.4. The molecule has 1 aliphatic rings. The minimum absolute atomic E-state index is 0. The van der Waals surface area contributed by atoms with E-state index in [-0.39, 0.29) is 30.1 Å². The van der Waals surface area contributed by atoms with Gasteiger partial charge in [0.2, 0.25) is 11.8 Å². The molecule has 2 atom stereocenters. The van der Waals surface area contributed by atoms with E-state index in [0.717, 1.165) is 23.9 Å². The number of anilines is 2. The lowest BCUT2D eigenvalue weighted by atomic mass is 9.92. The van der Waals surface area contributed by atoms with Gasteiger partial charge in [-0.25, -0.2) is 0 Å². The van der Waals surface area contributed by atoms with E-state index in [1.54, 1.807) is 12.1 Å². The minimum atomic E-state index is -0.164. The Labute approximate surface area is 145 Å². The molecule has 0 unspecified atom stereocenters. The first-order valence-corrected chi connectivity index (χ1v) is 7.86. The quantitative estimate of drug-likeness (QED) is 0.742. The summed E-state index contributed by atoms with van der Waals surface area (Å²) in [6, 6.07) is 5.75. The van der Waals surface area contributed by atoms with Gasteiger partial charge in [0.1, 0.15) is 0 Å². The molecular weight excluding hydrogens is 370 g/mol. The molecule has 3 N–H and O–H groups in total. The molecule has 2 rings (SSSR count). The van der Waals surface area contributed by atoms with E-state index in [2.05, 4.69) is 38.8 Å². The molecule has 1 heterocycles. The highest BCUT2D eigenvalue weighted by Crippen LogP contribution is 2.27. The van der Waals surface area contributed by atoms with Crippen LogP contribution in [0.15, 0.2) is 22.7 Å². The van der Waals surface area contributed by atoms with Crippen LogP contribution in [-0.2, 0) is 9.59 Å². The lowest BCUT2D eigenvalue weighted by Gasteiger charge is -2.27. The molecule has 1 aromatic carbocycles. The van der Waals surface area contributed by atoms with Crippen LogP contribution >= 0.6 is 28.3 Å². The largest absolute Gasteiger partial charge is 0.325 e. The van der Waals surface area contributed by atoms with Crippen molar-refractivity contribution in [1.29, 1.82) is 0 Å². The van der Waals surface area contributed by atoms with Crippen molar-refractivity contribution in [3.63, 3.8) is 0 Å². The molecule has 0 spiro atoms. The van der Waals surface area contributed by atoms with Gasteiger partial charge < -0.3 is 16.0 Å². The fourth-order valence-corrected chi connectivity index (χ4v) is 2.88. The highest BCUT2D eigenvalue weighted by Gasteiger charge is 2.25. The Morgan fingerprint density at radius 3 is 2.64 bits per heavy atom. The van der Waals surface area contributed by atoms with Gasteiger partial charge in [-0.15, -0.1) is 12.4 Å². The Morgan fingerprint density at radius 2 is 2.00 bits per heavy atom. The molecule has 1 saturated heterocycles. The number of carbonyl (C=O) groups is 2. The molecule has 1 aromatic rings. The number of carbonyl (C=O) groups excluding carboxylic acids is 2. The van der Waals surface area contributed by atoms with Crippen molar-refractivity contribution in [3.8, 4) is 0 Å². The van der Waals surface area contributed by atoms with Crippen LogP contribution in [0.1, 0.15) is 26.7 Å². The molecule has 0 saturated carbocycles. The number of benzene rings is 1. The second-order valence-electron chi connectivity index (χ2n) is 5.44. The van der Waals surface area contributed by atoms with Crippen molar-refractivity contribution in [2.75, 3.05) is 17.2 Å². The molecule has 2 amide bonds. The van der Waals surface area contributed by atoms with Crippen molar-refractivity contribution in [3.05, 3.63) is 22.7 Å². The second kappa shape index (κ2) is 8.50. The Balaban J connectivity index is 0.00000242. The van der Waals surface area contributed by atoms with Gasteiger partial charge in [0.15, 0.2) is 0 Å². The third kappa shape index (κ3) is 5.26. The summed E-state index contributed by atoms with van der Waals surface area (Å²) in [5.74, 6) is -0.151. The summed E-state index contributed by atoms with van der Waals surface area (Å²) < 4.78 is 0.852. The molecule has 122 valence electrons. The molecule has 7 heteroatoms. The first kappa shape index (κ1) is 18.9. The topological polar surface area (TPSA) is 70.2 Å². The average Bonchev–Trinajstić information content (AvgIpc) is 2.41. The van der Waals surface area contributed by atoms with Gasteiger partial charge >= 0.3 is 0 Å². The van der Waals surface area contributed by atoms with Crippen molar-refractivity contribution >= 4 is 51.5 Å². The Kier molecular flexibility index (Phi) is 7.32. The van der Waals surface area contributed by atoms with Gasteiger partial charge in [0.25, 0.3) is 0 Å². The third-order valence-electron chi connectivity index (χ3n) is 3.54. The molecule has 0 bridgehead atoms. The summed E-state index contributed by atoms with van der Waals surface area (Å²) in [6.45, 7) is 4.39. The lowest BCUT2D eigenvalue weighted by molar-refractivity contribution is -0.121. The highest BCUT2D eigenvalue weighted by molar-refractivity contribution is 9.10. The smallest absolute Gasteiger partial charge is 0.227 e. The van der Waals surface area contributed by atoms with E-state index < -0.39 is 0 Å². The Hall–Kier alpha value is -1.11. The number of piperidine rings is 1. The molecule has 0 aromatic heterocycles. The number of hydrogen-bond acceptors (Lipinski definition) is 3. The molecule has 1 aliphatic heterocycles. The number of halogens is 2. The molecule has 5 nitrogen and oxygen atoms in total. The van der Waals surface area contributed by atoms with Crippen molar-refractivity contribution in [1.82, 2.24) is 5.32 Å². The Bertz CT molecular complexity index is 554. The van der Waals surface area contributed by atoms with Gasteiger partial charge in [-0.1, -0.05) is 15.9 Å². The zero-order valence-corrected chi connectivity index (χ0v) is 15.0. The Morgan fingerprint density at radius 1 is 1.27 bits per heavy atom. The van der Waals surface area contributed by atoms with Crippen LogP contribution < -0.4 is 16.0 Å². The predicted molar refractivity (Wildman–Crippen MR) is 94.5 cm³/mol. The van der Waals surface area contributed by atoms with Crippen LogP contribution in [0.25, 0.3) is 0 Å². The molecule has 0 radical (unpaired) electrons. The van der Waals surface area contributed by atoms with Crippen molar-refractivity contribution < 1.29 is 9.59 Å². The highest BCUT2D eigenvalue weighted by atomic mass is 79.9. The van der Waals surface area contributed by atoms with Gasteiger partial charge in [0, 0.05) is 23.4 Å². The van der Waals surface area contributed by atoms with Gasteiger partial charge in [-0.3, -0.25) is 9.59 Å². The second-order valence-corrected chi connectivity index (χ2v) is 6.35. The maximum atomic E-state index is 12.4. The first-order valence-electron chi connectivity index (χ1n) is 7.07.